The van der Waals surface area contributed by atoms with Crippen LogP contribution in [0.2, 0.25) is 0 Å². The van der Waals surface area contributed by atoms with Crippen LogP contribution in [0.25, 0.3) is 22.0 Å². The summed E-state index contributed by atoms with van der Waals surface area (Å²) < 4.78 is 0. The molecule has 0 fully saturated rings. The minimum Gasteiger partial charge on any atom is -0.507 e. The summed E-state index contributed by atoms with van der Waals surface area (Å²) in [6.45, 7) is 0. The van der Waals surface area contributed by atoms with Gasteiger partial charge in [0, 0.05) is 10.9 Å². The predicted molar refractivity (Wildman–Crippen MR) is 74.2 cm³/mol. The zero-order valence-corrected chi connectivity index (χ0v) is 10.3. The fourth-order valence-corrected chi connectivity index (χ4v) is 2.11. The molecule has 0 aliphatic carbocycles. The third-order valence-electron chi connectivity index (χ3n) is 3.09. The maximum absolute atomic E-state index is 11.7. The number of hydrogen-bond acceptors (Lipinski definition) is 4. The fourth-order valence-electron chi connectivity index (χ4n) is 2.11. The summed E-state index contributed by atoms with van der Waals surface area (Å²) in [5.74, 6) is -0.0787. The predicted octanol–water partition coefficient (Wildman–Crippen LogP) is 2.17. The Labute approximate surface area is 113 Å². The Morgan fingerprint density at radius 2 is 1.90 bits per heavy atom. The quantitative estimate of drug-likeness (QED) is 0.704. The van der Waals surface area contributed by atoms with Gasteiger partial charge in [0.1, 0.15) is 11.8 Å². The Bertz CT molecular complexity index is 907. The van der Waals surface area contributed by atoms with Crippen molar-refractivity contribution in [2.45, 2.75) is 0 Å². The van der Waals surface area contributed by atoms with Crippen LogP contribution in [0.3, 0.4) is 0 Å². The summed E-state index contributed by atoms with van der Waals surface area (Å²) in [5.41, 5.74) is 1.13. The van der Waals surface area contributed by atoms with Gasteiger partial charge in [0.2, 0.25) is 0 Å². The smallest absolute Gasteiger partial charge is 0.272 e. The van der Waals surface area contributed by atoms with Gasteiger partial charge in [-0.2, -0.15) is 10.4 Å². The molecule has 20 heavy (non-hydrogen) atoms. The van der Waals surface area contributed by atoms with Crippen LogP contribution in [0, 0.1) is 11.3 Å². The molecule has 3 rings (SSSR count). The molecule has 0 saturated heterocycles. The summed E-state index contributed by atoms with van der Waals surface area (Å²) in [5, 5.41) is 26.2. The largest absolute Gasteiger partial charge is 0.507 e. The van der Waals surface area contributed by atoms with E-state index >= 15 is 0 Å². The molecule has 0 atom stereocenters. The number of aromatic hydroxyl groups is 1. The van der Waals surface area contributed by atoms with Crippen LogP contribution in [-0.4, -0.2) is 15.3 Å². The maximum atomic E-state index is 11.7. The number of fused-ring (bicyclic) bond motifs is 1. The van der Waals surface area contributed by atoms with E-state index in [2.05, 4.69) is 10.2 Å². The van der Waals surface area contributed by atoms with Crippen molar-refractivity contribution in [2.75, 3.05) is 0 Å². The van der Waals surface area contributed by atoms with E-state index in [1.165, 1.54) is 6.07 Å². The number of aromatic nitrogens is 2. The molecule has 2 aromatic carbocycles. The molecular weight excluding hydrogens is 254 g/mol. The van der Waals surface area contributed by atoms with E-state index in [1.807, 2.05) is 12.1 Å². The average molecular weight is 263 g/mol. The standard InChI is InChI=1S/C15H9N3O2/c16-8-10-7-9(5-6-13(10)19)14-11-3-1-2-4-12(11)15(20)18-17-14/h1-7,19H,(H,18,20). The molecule has 96 valence electrons. The number of benzene rings is 2. The zero-order valence-electron chi connectivity index (χ0n) is 10.3. The Hall–Kier alpha value is -3.13. The van der Waals surface area contributed by atoms with Crippen molar-refractivity contribution in [3.8, 4) is 23.1 Å². The lowest BCUT2D eigenvalue weighted by molar-refractivity contribution is 0.473. The molecule has 0 unspecified atom stereocenters. The molecule has 0 amide bonds. The molecule has 0 spiro atoms. The first-order valence-electron chi connectivity index (χ1n) is 5.91. The number of nitrogens with zero attached hydrogens (tertiary/aromatic N) is 2. The highest BCUT2D eigenvalue weighted by atomic mass is 16.3. The summed E-state index contributed by atoms with van der Waals surface area (Å²) in [6.07, 6.45) is 0. The number of nitrogens with one attached hydrogen (secondary N) is 1. The van der Waals surface area contributed by atoms with E-state index in [-0.39, 0.29) is 16.9 Å². The maximum Gasteiger partial charge on any atom is 0.272 e. The van der Waals surface area contributed by atoms with Gasteiger partial charge in [-0.05, 0) is 24.3 Å². The van der Waals surface area contributed by atoms with Crippen molar-refractivity contribution in [3.05, 3.63) is 58.4 Å². The van der Waals surface area contributed by atoms with E-state index < -0.39 is 0 Å². The van der Waals surface area contributed by atoms with Crippen molar-refractivity contribution in [1.29, 1.82) is 5.26 Å². The summed E-state index contributed by atoms with van der Waals surface area (Å²) in [6, 6.07) is 13.7. The minimum absolute atomic E-state index is 0.0787. The molecule has 0 aliphatic rings. The van der Waals surface area contributed by atoms with Gasteiger partial charge < -0.3 is 5.11 Å². The lowest BCUT2D eigenvalue weighted by atomic mass is 10.0. The first-order valence-corrected chi connectivity index (χ1v) is 5.91. The summed E-state index contributed by atoms with van der Waals surface area (Å²) >= 11 is 0. The summed E-state index contributed by atoms with van der Waals surface area (Å²) in [4.78, 5) is 11.7. The Balaban J connectivity index is 2.34. The lowest BCUT2D eigenvalue weighted by Gasteiger charge is -2.06. The number of nitriles is 1. The fraction of sp³-hybridized carbons (Fsp3) is 0. The van der Waals surface area contributed by atoms with Gasteiger partial charge in [-0.15, -0.1) is 0 Å². The van der Waals surface area contributed by atoms with Crippen LogP contribution in [0.5, 0.6) is 5.75 Å². The van der Waals surface area contributed by atoms with Crippen LogP contribution in [0.15, 0.2) is 47.3 Å². The van der Waals surface area contributed by atoms with Crippen molar-refractivity contribution in [2.24, 2.45) is 0 Å². The van der Waals surface area contributed by atoms with Gasteiger partial charge in [0.25, 0.3) is 5.56 Å². The highest BCUT2D eigenvalue weighted by molar-refractivity contribution is 5.93. The monoisotopic (exact) mass is 263 g/mol. The van der Waals surface area contributed by atoms with Crippen LogP contribution in [-0.2, 0) is 0 Å². The number of rotatable bonds is 1. The van der Waals surface area contributed by atoms with Crippen molar-refractivity contribution < 1.29 is 5.11 Å². The van der Waals surface area contributed by atoms with Gasteiger partial charge in [0.05, 0.1) is 16.6 Å². The SMILES string of the molecule is N#Cc1cc(-c2n[nH]c(=O)c3ccccc23)ccc1O. The van der Waals surface area contributed by atoms with Crippen molar-refractivity contribution >= 4 is 10.8 Å². The molecule has 0 saturated carbocycles. The zero-order chi connectivity index (χ0) is 14.1. The number of phenolic OH excluding ortho intramolecular Hbond substituents is 1. The molecule has 0 aliphatic heterocycles. The third-order valence-corrected chi connectivity index (χ3v) is 3.09. The van der Waals surface area contributed by atoms with E-state index in [0.717, 1.165) is 0 Å². The van der Waals surface area contributed by atoms with Crippen molar-refractivity contribution in [1.82, 2.24) is 10.2 Å². The number of phenols is 1. The first kappa shape index (κ1) is 11.9. The minimum atomic E-state index is -0.261. The number of H-pyrrole nitrogens is 1. The van der Waals surface area contributed by atoms with Crippen LogP contribution in [0.4, 0.5) is 0 Å². The molecule has 5 nitrogen and oxygen atoms in total. The van der Waals surface area contributed by atoms with E-state index in [1.54, 1.807) is 30.3 Å². The van der Waals surface area contributed by atoms with Crippen LogP contribution in [0.1, 0.15) is 5.56 Å². The van der Waals surface area contributed by atoms with E-state index in [4.69, 9.17) is 5.26 Å². The molecule has 2 N–H and O–H groups in total. The Morgan fingerprint density at radius 1 is 1.15 bits per heavy atom. The normalized spacial score (nSPS) is 10.3. The second-order valence-corrected chi connectivity index (χ2v) is 4.29. The second kappa shape index (κ2) is 4.52. The van der Waals surface area contributed by atoms with E-state index in [9.17, 15) is 9.90 Å². The Kier molecular flexibility index (Phi) is 2.70. The molecule has 5 heteroatoms. The summed E-state index contributed by atoms with van der Waals surface area (Å²) in [7, 11) is 0. The van der Waals surface area contributed by atoms with Gasteiger partial charge in [0.15, 0.2) is 0 Å². The molecule has 3 aromatic rings. The van der Waals surface area contributed by atoms with Gasteiger partial charge in [-0.25, -0.2) is 5.10 Å². The van der Waals surface area contributed by atoms with Crippen molar-refractivity contribution in [3.63, 3.8) is 0 Å². The van der Waals surface area contributed by atoms with Gasteiger partial charge in [-0.1, -0.05) is 18.2 Å². The number of aromatic amines is 1. The molecule has 1 heterocycles. The highest BCUT2D eigenvalue weighted by Crippen LogP contribution is 2.27. The second-order valence-electron chi connectivity index (χ2n) is 4.29. The lowest BCUT2D eigenvalue weighted by Crippen LogP contribution is -2.09. The highest BCUT2D eigenvalue weighted by Gasteiger charge is 2.10. The average Bonchev–Trinajstić information content (AvgIpc) is 2.49. The van der Waals surface area contributed by atoms with Gasteiger partial charge >= 0.3 is 0 Å². The molecule has 0 radical (unpaired) electrons. The Morgan fingerprint density at radius 3 is 2.65 bits per heavy atom. The molecule has 0 bridgehead atoms. The first-order chi connectivity index (χ1) is 9.70. The third kappa shape index (κ3) is 1.80. The molecular formula is C15H9N3O2. The number of hydrogen-bond donors (Lipinski definition) is 2. The van der Waals surface area contributed by atoms with Crippen LogP contribution >= 0.6 is 0 Å². The molecule has 1 aromatic heterocycles. The van der Waals surface area contributed by atoms with E-state index in [0.29, 0.717) is 22.0 Å². The topological polar surface area (TPSA) is 89.8 Å². The van der Waals surface area contributed by atoms with Crippen LogP contribution < -0.4 is 5.56 Å². The van der Waals surface area contributed by atoms with Gasteiger partial charge in [-0.3, -0.25) is 4.79 Å².